The zero-order valence-corrected chi connectivity index (χ0v) is 9.80. The van der Waals surface area contributed by atoms with Crippen molar-refractivity contribution < 1.29 is 4.74 Å². The lowest BCUT2D eigenvalue weighted by Gasteiger charge is -2.08. The van der Waals surface area contributed by atoms with Gasteiger partial charge in [0.15, 0.2) is 0 Å². The van der Waals surface area contributed by atoms with Gasteiger partial charge in [-0.15, -0.1) is 0 Å². The largest absolute Gasteiger partial charge is 0.495 e. The Bertz CT molecular complexity index is 522. The average molecular weight is 238 g/mol. The lowest BCUT2D eigenvalue weighted by Crippen LogP contribution is -1.89. The van der Waals surface area contributed by atoms with Gasteiger partial charge in [-0.2, -0.15) is 5.10 Å². The third-order valence-electron chi connectivity index (χ3n) is 2.39. The van der Waals surface area contributed by atoms with Crippen LogP contribution in [0.3, 0.4) is 0 Å². The number of H-pyrrole nitrogens is 1. The Labute approximate surface area is 98.4 Å². The second-order valence-electron chi connectivity index (χ2n) is 3.51. The van der Waals surface area contributed by atoms with Gasteiger partial charge in [0.2, 0.25) is 0 Å². The number of ether oxygens (including phenoxy) is 1. The molecule has 1 aromatic carbocycles. The summed E-state index contributed by atoms with van der Waals surface area (Å²) in [5.74, 6) is 1.12. The molecular formula is C11H12ClN3O. The van der Waals surface area contributed by atoms with Crippen molar-refractivity contribution in [2.45, 2.75) is 6.92 Å². The van der Waals surface area contributed by atoms with Crippen LogP contribution in [0.15, 0.2) is 18.2 Å². The van der Waals surface area contributed by atoms with Gasteiger partial charge in [-0.3, -0.25) is 5.10 Å². The lowest BCUT2D eigenvalue weighted by molar-refractivity contribution is 0.415. The van der Waals surface area contributed by atoms with E-state index in [1.54, 1.807) is 13.2 Å². The lowest BCUT2D eigenvalue weighted by atomic mass is 10.1. The van der Waals surface area contributed by atoms with Gasteiger partial charge >= 0.3 is 0 Å². The van der Waals surface area contributed by atoms with Crippen LogP contribution in [0, 0.1) is 6.92 Å². The average Bonchev–Trinajstić information content (AvgIpc) is 2.67. The number of anilines is 1. The van der Waals surface area contributed by atoms with Gasteiger partial charge in [0.1, 0.15) is 11.6 Å². The Morgan fingerprint density at radius 1 is 1.38 bits per heavy atom. The first-order valence-electron chi connectivity index (χ1n) is 4.77. The number of nitrogens with zero attached hydrogens (tertiary/aromatic N) is 1. The number of methoxy groups -OCH3 is 1. The zero-order chi connectivity index (χ0) is 11.7. The molecule has 0 saturated carbocycles. The fraction of sp³-hybridized carbons (Fsp3) is 0.182. The molecule has 1 aromatic heterocycles. The molecule has 0 aliphatic carbocycles. The molecule has 84 valence electrons. The summed E-state index contributed by atoms with van der Waals surface area (Å²) in [4.78, 5) is 0. The molecule has 16 heavy (non-hydrogen) atoms. The number of nitrogens with one attached hydrogen (secondary N) is 1. The summed E-state index contributed by atoms with van der Waals surface area (Å²) in [7, 11) is 1.59. The number of rotatable bonds is 2. The molecule has 4 nitrogen and oxygen atoms in total. The number of aromatic amines is 1. The smallest absolute Gasteiger partial charge is 0.145 e. The minimum absolute atomic E-state index is 0.460. The first kappa shape index (κ1) is 10.8. The number of aryl methyl sites for hydroxylation is 1. The SMILES string of the molecule is COc1cc(C)c(-c2cc(N)n[nH]2)cc1Cl. The van der Waals surface area contributed by atoms with Crippen molar-refractivity contribution in [1.82, 2.24) is 10.2 Å². The predicted octanol–water partition coefficient (Wildman–Crippen LogP) is 2.63. The minimum atomic E-state index is 0.460. The van der Waals surface area contributed by atoms with Gasteiger partial charge in [-0.1, -0.05) is 11.6 Å². The molecular weight excluding hydrogens is 226 g/mol. The van der Waals surface area contributed by atoms with Gasteiger partial charge in [-0.25, -0.2) is 0 Å². The summed E-state index contributed by atoms with van der Waals surface area (Å²) in [6, 6.07) is 5.49. The topological polar surface area (TPSA) is 63.9 Å². The molecule has 0 fully saturated rings. The van der Waals surface area contributed by atoms with E-state index in [9.17, 15) is 0 Å². The van der Waals surface area contributed by atoms with E-state index in [1.807, 2.05) is 19.1 Å². The summed E-state index contributed by atoms with van der Waals surface area (Å²) in [5.41, 5.74) is 8.42. The van der Waals surface area contributed by atoms with Crippen molar-refractivity contribution in [1.29, 1.82) is 0 Å². The van der Waals surface area contributed by atoms with E-state index >= 15 is 0 Å². The van der Waals surface area contributed by atoms with Crippen LogP contribution in [-0.2, 0) is 0 Å². The number of benzene rings is 1. The number of nitrogen functional groups attached to an aromatic ring is 1. The third kappa shape index (κ3) is 1.84. The molecule has 0 aliphatic heterocycles. The highest BCUT2D eigenvalue weighted by molar-refractivity contribution is 6.32. The summed E-state index contributed by atoms with van der Waals surface area (Å²) >= 11 is 6.07. The van der Waals surface area contributed by atoms with Gasteiger partial charge < -0.3 is 10.5 Å². The second kappa shape index (κ2) is 4.06. The number of nitrogens with two attached hydrogens (primary N) is 1. The maximum Gasteiger partial charge on any atom is 0.145 e. The first-order chi connectivity index (χ1) is 7.61. The quantitative estimate of drug-likeness (QED) is 0.844. The zero-order valence-electron chi connectivity index (χ0n) is 9.04. The van der Waals surface area contributed by atoms with Crippen molar-refractivity contribution >= 4 is 17.4 Å². The Morgan fingerprint density at radius 2 is 2.12 bits per heavy atom. The molecule has 0 unspecified atom stereocenters. The minimum Gasteiger partial charge on any atom is -0.495 e. The highest BCUT2D eigenvalue weighted by Crippen LogP contribution is 2.32. The molecule has 0 amide bonds. The van der Waals surface area contributed by atoms with Crippen molar-refractivity contribution in [3.05, 3.63) is 28.8 Å². The summed E-state index contributed by atoms with van der Waals surface area (Å²) in [5, 5.41) is 7.30. The fourth-order valence-electron chi connectivity index (χ4n) is 1.58. The molecule has 3 N–H and O–H groups in total. The molecule has 5 heteroatoms. The predicted molar refractivity (Wildman–Crippen MR) is 64.7 cm³/mol. The molecule has 0 aliphatic rings. The van der Waals surface area contributed by atoms with E-state index in [2.05, 4.69) is 10.2 Å². The number of halogens is 1. The molecule has 0 atom stereocenters. The van der Waals surface area contributed by atoms with E-state index in [0.717, 1.165) is 16.8 Å². The highest BCUT2D eigenvalue weighted by atomic mass is 35.5. The van der Waals surface area contributed by atoms with Crippen LogP contribution in [0.4, 0.5) is 5.82 Å². The van der Waals surface area contributed by atoms with E-state index in [-0.39, 0.29) is 0 Å². The van der Waals surface area contributed by atoms with Crippen molar-refractivity contribution in [3.63, 3.8) is 0 Å². The van der Waals surface area contributed by atoms with Crippen LogP contribution in [-0.4, -0.2) is 17.3 Å². The van der Waals surface area contributed by atoms with Crippen molar-refractivity contribution in [2.24, 2.45) is 0 Å². The van der Waals surface area contributed by atoms with Crippen LogP contribution in [0.1, 0.15) is 5.56 Å². The van der Waals surface area contributed by atoms with Crippen LogP contribution in [0.25, 0.3) is 11.3 Å². The second-order valence-corrected chi connectivity index (χ2v) is 3.92. The summed E-state index contributed by atoms with van der Waals surface area (Å²) in [6.45, 7) is 1.98. The normalized spacial score (nSPS) is 10.4. The fourth-order valence-corrected chi connectivity index (χ4v) is 1.82. The van der Waals surface area contributed by atoms with Gasteiger partial charge in [0.05, 0.1) is 17.8 Å². The van der Waals surface area contributed by atoms with E-state index < -0.39 is 0 Å². The van der Waals surface area contributed by atoms with Gasteiger partial charge in [0.25, 0.3) is 0 Å². The van der Waals surface area contributed by atoms with E-state index in [1.165, 1.54) is 0 Å². The Kier molecular flexibility index (Phi) is 2.75. The number of hydrogen-bond acceptors (Lipinski definition) is 3. The Morgan fingerprint density at radius 3 is 2.69 bits per heavy atom. The molecule has 0 radical (unpaired) electrons. The first-order valence-corrected chi connectivity index (χ1v) is 5.15. The maximum absolute atomic E-state index is 6.07. The van der Waals surface area contributed by atoms with Crippen molar-refractivity contribution in [3.8, 4) is 17.0 Å². The Balaban J connectivity index is 2.54. The standard InChI is InChI=1S/C11H12ClN3O/c1-6-3-10(16-2)8(12)4-7(6)9-5-11(13)15-14-9/h3-5H,1-2H3,(H3,13,14,15). The van der Waals surface area contributed by atoms with E-state index in [0.29, 0.717) is 16.6 Å². The van der Waals surface area contributed by atoms with Crippen LogP contribution >= 0.6 is 11.6 Å². The van der Waals surface area contributed by atoms with Crippen molar-refractivity contribution in [2.75, 3.05) is 12.8 Å². The molecule has 0 bridgehead atoms. The third-order valence-corrected chi connectivity index (χ3v) is 2.68. The molecule has 0 spiro atoms. The molecule has 1 heterocycles. The summed E-state index contributed by atoms with van der Waals surface area (Å²) in [6.07, 6.45) is 0. The molecule has 2 rings (SSSR count). The number of hydrogen-bond donors (Lipinski definition) is 2. The molecule has 2 aromatic rings. The maximum atomic E-state index is 6.07. The number of aromatic nitrogens is 2. The van der Waals surface area contributed by atoms with Gasteiger partial charge in [0, 0.05) is 11.6 Å². The molecule has 0 saturated heterocycles. The van der Waals surface area contributed by atoms with Gasteiger partial charge in [-0.05, 0) is 24.6 Å². The van der Waals surface area contributed by atoms with E-state index in [4.69, 9.17) is 22.1 Å². The summed E-state index contributed by atoms with van der Waals surface area (Å²) < 4.78 is 5.14. The van der Waals surface area contributed by atoms with Crippen LogP contribution in [0.2, 0.25) is 5.02 Å². The Hall–Kier alpha value is -1.68. The van der Waals surface area contributed by atoms with Crippen LogP contribution in [0.5, 0.6) is 5.75 Å². The van der Waals surface area contributed by atoms with Crippen LogP contribution < -0.4 is 10.5 Å². The monoisotopic (exact) mass is 237 g/mol. The highest BCUT2D eigenvalue weighted by Gasteiger charge is 2.09.